The summed E-state index contributed by atoms with van der Waals surface area (Å²) >= 11 is 0.453. The average Bonchev–Trinajstić information content (AvgIpc) is 2.93. The van der Waals surface area contributed by atoms with Gasteiger partial charge in [0.1, 0.15) is 17.3 Å². The maximum atomic E-state index is 12.7. The predicted octanol–water partition coefficient (Wildman–Crippen LogP) is 3.64. The lowest BCUT2D eigenvalue weighted by molar-refractivity contribution is 0.0955. The predicted molar refractivity (Wildman–Crippen MR) is 77.5 cm³/mol. The number of amides is 1. The van der Waals surface area contributed by atoms with Crippen molar-refractivity contribution < 1.29 is 22.4 Å². The maximum absolute atomic E-state index is 12.7. The van der Waals surface area contributed by atoms with Crippen molar-refractivity contribution >= 4 is 23.9 Å². The largest absolute Gasteiger partial charge is 0.459 e. The fraction of sp³-hybridized carbons (Fsp3) is 0.143. The molecule has 1 aromatic carbocycles. The number of benzene rings is 1. The smallest absolute Gasteiger partial charge is 0.284 e. The minimum Gasteiger partial charge on any atom is -0.459 e. The summed E-state index contributed by atoms with van der Waals surface area (Å²) in [6.07, 6.45) is 1.25. The van der Waals surface area contributed by atoms with Gasteiger partial charge in [-0.25, -0.2) is 9.82 Å². The zero-order chi connectivity index (χ0) is 15.9. The summed E-state index contributed by atoms with van der Waals surface area (Å²) < 4.78 is 42.0. The van der Waals surface area contributed by atoms with E-state index >= 15 is 0 Å². The molecular formula is C14H11F3N2O2S. The molecule has 0 aliphatic heterocycles. The molecule has 1 N–H and O–H groups in total. The number of thioether (sulfide) groups is 1. The molecular weight excluding hydrogens is 317 g/mol. The van der Waals surface area contributed by atoms with Crippen LogP contribution in [0.5, 0.6) is 0 Å². The van der Waals surface area contributed by atoms with Gasteiger partial charge in [0.15, 0.2) is 0 Å². The van der Waals surface area contributed by atoms with Crippen molar-refractivity contribution in [3.8, 4) is 0 Å². The van der Waals surface area contributed by atoms with Gasteiger partial charge in [0.25, 0.3) is 11.7 Å². The molecule has 1 amide bonds. The SMILES string of the molecule is O=C(N/N=C\c1ccc(CSC(F)F)o1)c1ccc(F)cc1. The van der Waals surface area contributed by atoms with Gasteiger partial charge >= 0.3 is 0 Å². The Labute approximate surface area is 128 Å². The van der Waals surface area contributed by atoms with E-state index in [4.69, 9.17) is 4.42 Å². The topological polar surface area (TPSA) is 54.6 Å². The lowest BCUT2D eigenvalue weighted by atomic mass is 10.2. The molecule has 0 aliphatic carbocycles. The van der Waals surface area contributed by atoms with Gasteiger partial charge in [0.05, 0.1) is 12.0 Å². The summed E-state index contributed by atoms with van der Waals surface area (Å²) in [6, 6.07) is 8.09. The maximum Gasteiger partial charge on any atom is 0.284 e. The van der Waals surface area contributed by atoms with Gasteiger partial charge in [0.2, 0.25) is 0 Å². The van der Waals surface area contributed by atoms with E-state index in [1.807, 2.05) is 0 Å². The highest BCUT2D eigenvalue weighted by molar-refractivity contribution is 7.98. The van der Waals surface area contributed by atoms with E-state index in [1.54, 1.807) is 12.1 Å². The average molecular weight is 328 g/mol. The van der Waals surface area contributed by atoms with Gasteiger partial charge in [-0.1, -0.05) is 11.8 Å². The molecule has 0 fully saturated rings. The fourth-order valence-electron chi connectivity index (χ4n) is 1.51. The second-order valence-electron chi connectivity index (χ2n) is 4.08. The summed E-state index contributed by atoms with van der Waals surface area (Å²) in [5.41, 5.74) is 2.51. The van der Waals surface area contributed by atoms with Gasteiger partial charge in [0, 0.05) is 5.56 Å². The van der Waals surface area contributed by atoms with Crippen LogP contribution in [0.4, 0.5) is 13.2 Å². The second kappa shape index (κ2) is 7.69. The number of nitrogens with one attached hydrogen (secondary N) is 1. The number of nitrogens with zero attached hydrogens (tertiary/aromatic N) is 1. The molecule has 1 aromatic heterocycles. The summed E-state index contributed by atoms with van der Waals surface area (Å²) in [4.78, 5) is 11.7. The lowest BCUT2D eigenvalue weighted by Gasteiger charge is -1.98. The third-order valence-corrected chi connectivity index (χ3v) is 3.20. The molecule has 1 heterocycles. The zero-order valence-corrected chi connectivity index (χ0v) is 11.9. The van der Waals surface area contributed by atoms with Crippen LogP contribution in [0.1, 0.15) is 21.9 Å². The highest BCUT2D eigenvalue weighted by Crippen LogP contribution is 2.20. The highest BCUT2D eigenvalue weighted by atomic mass is 32.2. The Morgan fingerprint density at radius 3 is 2.68 bits per heavy atom. The number of carbonyl (C=O) groups excluding carboxylic acids is 1. The molecule has 4 nitrogen and oxygen atoms in total. The summed E-state index contributed by atoms with van der Waals surface area (Å²) in [6.45, 7) is 0. The van der Waals surface area contributed by atoms with Crippen LogP contribution in [-0.4, -0.2) is 17.9 Å². The zero-order valence-electron chi connectivity index (χ0n) is 11.1. The Hall–Kier alpha value is -2.22. The molecule has 0 bridgehead atoms. The number of hydrazone groups is 1. The molecule has 0 spiro atoms. The first-order valence-electron chi connectivity index (χ1n) is 6.12. The lowest BCUT2D eigenvalue weighted by Crippen LogP contribution is -2.17. The summed E-state index contributed by atoms with van der Waals surface area (Å²) in [7, 11) is 0. The quantitative estimate of drug-likeness (QED) is 0.651. The van der Waals surface area contributed by atoms with E-state index in [2.05, 4.69) is 10.5 Å². The van der Waals surface area contributed by atoms with Crippen molar-refractivity contribution in [2.45, 2.75) is 11.5 Å². The van der Waals surface area contributed by atoms with Crippen molar-refractivity contribution in [3.63, 3.8) is 0 Å². The first-order valence-corrected chi connectivity index (χ1v) is 7.17. The van der Waals surface area contributed by atoms with Crippen LogP contribution in [-0.2, 0) is 5.75 Å². The Balaban J connectivity index is 1.87. The fourth-order valence-corrected chi connectivity index (χ4v) is 1.95. The van der Waals surface area contributed by atoms with E-state index in [0.717, 1.165) is 12.1 Å². The number of alkyl halides is 2. The molecule has 0 radical (unpaired) electrons. The third-order valence-electron chi connectivity index (χ3n) is 2.50. The second-order valence-corrected chi connectivity index (χ2v) is 5.06. The van der Waals surface area contributed by atoms with Gasteiger partial charge in [-0.2, -0.15) is 13.9 Å². The van der Waals surface area contributed by atoms with E-state index in [1.165, 1.54) is 18.3 Å². The minimum absolute atomic E-state index is 0.0491. The van der Waals surface area contributed by atoms with Crippen molar-refractivity contribution in [1.29, 1.82) is 0 Å². The Morgan fingerprint density at radius 1 is 1.27 bits per heavy atom. The molecule has 2 rings (SSSR count). The van der Waals surface area contributed by atoms with Crippen molar-refractivity contribution in [2.24, 2.45) is 5.10 Å². The molecule has 0 saturated heterocycles. The van der Waals surface area contributed by atoms with Gasteiger partial charge in [-0.15, -0.1) is 0 Å². The van der Waals surface area contributed by atoms with Crippen molar-refractivity contribution in [2.75, 3.05) is 0 Å². The summed E-state index contributed by atoms with van der Waals surface area (Å²) in [5.74, 6) is -2.65. The van der Waals surface area contributed by atoms with E-state index in [0.29, 0.717) is 23.3 Å². The van der Waals surface area contributed by atoms with E-state index in [9.17, 15) is 18.0 Å². The van der Waals surface area contributed by atoms with Gasteiger partial charge < -0.3 is 4.42 Å². The minimum atomic E-state index is -2.46. The number of rotatable bonds is 6. The highest BCUT2D eigenvalue weighted by Gasteiger charge is 2.07. The van der Waals surface area contributed by atoms with Crippen molar-refractivity contribution in [1.82, 2.24) is 5.43 Å². The molecule has 0 aliphatic rings. The van der Waals surface area contributed by atoms with Crippen LogP contribution in [0.15, 0.2) is 45.9 Å². The molecule has 0 saturated carbocycles. The first kappa shape index (κ1) is 16.2. The Kier molecular flexibility index (Phi) is 5.65. The summed E-state index contributed by atoms with van der Waals surface area (Å²) in [5, 5.41) is 3.68. The molecule has 0 atom stereocenters. The Morgan fingerprint density at radius 2 is 2.00 bits per heavy atom. The number of halogens is 3. The molecule has 116 valence electrons. The van der Waals surface area contributed by atoms with E-state index < -0.39 is 17.5 Å². The molecule has 2 aromatic rings. The van der Waals surface area contributed by atoms with Crippen LogP contribution >= 0.6 is 11.8 Å². The van der Waals surface area contributed by atoms with Crippen LogP contribution < -0.4 is 5.43 Å². The standard InChI is InChI=1S/C14H11F3N2O2S/c15-10-3-1-9(2-4-10)13(20)19-18-7-11-5-6-12(21-11)8-22-14(16)17/h1-7,14H,8H2,(H,19,20)/b18-7-. The van der Waals surface area contributed by atoms with Gasteiger partial charge in [-0.3, -0.25) is 4.79 Å². The number of carbonyl (C=O) groups is 1. The third kappa shape index (κ3) is 4.96. The van der Waals surface area contributed by atoms with Crippen LogP contribution in [0.3, 0.4) is 0 Å². The van der Waals surface area contributed by atoms with Gasteiger partial charge in [-0.05, 0) is 36.4 Å². The van der Waals surface area contributed by atoms with Crippen LogP contribution in [0, 0.1) is 5.82 Å². The van der Waals surface area contributed by atoms with E-state index in [-0.39, 0.29) is 11.3 Å². The molecule has 8 heteroatoms. The monoisotopic (exact) mass is 328 g/mol. The van der Waals surface area contributed by atoms with Crippen LogP contribution in [0.2, 0.25) is 0 Å². The molecule has 22 heavy (non-hydrogen) atoms. The molecule has 0 unspecified atom stereocenters. The van der Waals surface area contributed by atoms with Crippen LogP contribution in [0.25, 0.3) is 0 Å². The Bertz CT molecular complexity index is 656. The first-order chi connectivity index (χ1) is 10.5. The normalized spacial score (nSPS) is 11.3. The number of hydrogen-bond acceptors (Lipinski definition) is 4. The number of furan rings is 1. The number of hydrogen-bond donors (Lipinski definition) is 1. The van der Waals surface area contributed by atoms with Crippen molar-refractivity contribution in [3.05, 3.63) is 59.3 Å².